The van der Waals surface area contributed by atoms with Crippen molar-refractivity contribution in [1.82, 2.24) is 10.2 Å². The van der Waals surface area contributed by atoms with Crippen molar-refractivity contribution in [2.24, 2.45) is 11.5 Å². The van der Waals surface area contributed by atoms with E-state index in [0.29, 0.717) is 31.5 Å². The fourth-order valence-corrected chi connectivity index (χ4v) is 6.81. The largest absolute Gasteiger partial charge is 0.494 e. The fourth-order valence-electron chi connectivity index (χ4n) is 6.56. The van der Waals surface area contributed by atoms with Crippen LogP contribution in [-0.2, 0) is 10.4 Å². The normalized spacial score (nSPS) is 19.7. The van der Waals surface area contributed by atoms with Crippen LogP contribution in [0.3, 0.4) is 0 Å². The summed E-state index contributed by atoms with van der Waals surface area (Å²) in [6.45, 7) is 2.06. The molecule has 2 aliphatic heterocycles. The Labute approximate surface area is 275 Å². The van der Waals surface area contributed by atoms with Crippen LogP contribution in [0, 0.1) is 11.6 Å². The van der Waals surface area contributed by atoms with Crippen molar-refractivity contribution in [3.05, 3.63) is 81.9 Å². The number of carbonyl (C=O) groups is 2. The number of benzene rings is 3. The third-order valence-corrected chi connectivity index (χ3v) is 9.62. The second kappa shape index (κ2) is 13.7. The molecule has 2 aliphatic rings. The molecule has 13 heteroatoms. The van der Waals surface area contributed by atoms with Crippen molar-refractivity contribution in [3.8, 4) is 22.6 Å². The van der Waals surface area contributed by atoms with Gasteiger partial charge in [0.25, 0.3) is 5.92 Å². The maximum atomic E-state index is 16.0. The molecular formula is C34H37ClF4N4O4. The average Bonchev–Trinajstić information content (AvgIpc) is 3.35. The molecule has 47 heavy (non-hydrogen) atoms. The molecule has 252 valence electrons. The van der Waals surface area contributed by atoms with Crippen LogP contribution in [0.4, 0.5) is 17.6 Å². The van der Waals surface area contributed by atoms with Crippen molar-refractivity contribution in [3.63, 3.8) is 0 Å². The number of amides is 2. The first kappa shape index (κ1) is 34.5. The molecule has 1 fully saturated rings. The zero-order valence-electron chi connectivity index (χ0n) is 26.1. The minimum absolute atomic E-state index is 0.0517. The van der Waals surface area contributed by atoms with E-state index in [1.165, 1.54) is 19.2 Å². The van der Waals surface area contributed by atoms with E-state index < -0.39 is 53.0 Å². The van der Waals surface area contributed by atoms with Crippen LogP contribution >= 0.6 is 11.6 Å². The molecule has 0 saturated carbocycles. The number of primary amides is 1. The van der Waals surface area contributed by atoms with Gasteiger partial charge in [0, 0.05) is 67.2 Å². The quantitative estimate of drug-likeness (QED) is 0.223. The van der Waals surface area contributed by atoms with Gasteiger partial charge in [-0.15, -0.1) is 0 Å². The summed E-state index contributed by atoms with van der Waals surface area (Å²) in [6.07, 6.45) is 0.251. The van der Waals surface area contributed by atoms with Crippen LogP contribution in [0.5, 0.6) is 11.5 Å². The van der Waals surface area contributed by atoms with Gasteiger partial charge in [0.1, 0.15) is 11.6 Å². The Balaban J connectivity index is 1.46. The third kappa shape index (κ3) is 6.63. The molecule has 8 nitrogen and oxygen atoms in total. The first-order chi connectivity index (χ1) is 22.3. The lowest BCUT2D eigenvalue weighted by molar-refractivity contribution is -0.134. The second-order valence-electron chi connectivity index (χ2n) is 12.0. The summed E-state index contributed by atoms with van der Waals surface area (Å²) in [7, 11) is 1.27. The summed E-state index contributed by atoms with van der Waals surface area (Å²) < 4.78 is 70.4. The molecule has 2 heterocycles. The van der Waals surface area contributed by atoms with E-state index in [-0.39, 0.29) is 53.1 Å². The Morgan fingerprint density at radius 3 is 2.43 bits per heavy atom. The first-order valence-corrected chi connectivity index (χ1v) is 15.7. The van der Waals surface area contributed by atoms with E-state index in [1.807, 2.05) is 37.3 Å². The van der Waals surface area contributed by atoms with Gasteiger partial charge in [-0.2, -0.15) is 0 Å². The Morgan fingerprint density at radius 1 is 1.13 bits per heavy atom. The number of rotatable bonds is 11. The van der Waals surface area contributed by atoms with Gasteiger partial charge in [0.2, 0.25) is 11.8 Å². The van der Waals surface area contributed by atoms with Gasteiger partial charge >= 0.3 is 0 Å². The van der Waals surface area contributed by atoms with Gasteiger partial charge in [-0.05, 0) is 30.5 Å². The number of likely N-dealkylation sites (tertiary alicyclic amines) is 1. The minimum atomic E-state index is -3.08. The highest BCUT2D eigenvalue weighted by Crippen LogP contribution is 2.56. The standard InChI is InChI=1S/C34H37ClF4N4O4/c1-19-27-25(16-23(36)30(35)29(27)28-22(32(41)45)8-9-24(46-2)31(28)37)47-34(19,20-6-4-3-5-7-20)18-42-21-11-14-43(15-12-21)26(44)10-13-33(38,39)17-40/h3-9,16,19,21,42H,10-15,17-18,40H2,1-2H3,(H2,41,45)/t19-,34-/m0/s1. The number of ether oxygens (including phenoxy) is 2. The fraction of sp³-hybridized carbons (Fsp3) is 0.412. The van der Waals surface area contributed by atoms with Crippen molar-refractivity contribution < 1.29 is 36.6 Å². The Bertz CT molecular complexity index is 1650. The highest BCUT2D eigenvalue weighted by atomic mass is 35.5. The summed E-state index contributed by atoms with van der Waals surface area (Å²) in [4.78, 5) is 26.6. The Hall–Kier alpha value is -3.87. The van der Waals surface area contributed by atoms with Crippen LogP contribution in [0.1, 0.15) is 60.0 Å². The van der Waals surface area contributed by atoms with Gasteiger partial charge < -0.3 is 31.2 Å². The summed E-state index contributed by atoms with van der Waals surface area (Å²) in [5.74, 6) is -6.76. The molecule has 0 unspecified atom stereocenters. The molecule has 0 aromatic heterocycles. The number of hydrogen-bond acceptors (Lipinski definition) is 6. The lowest BCUT2D eigenvalue weighted by atomic mass is 9.77. The second-order valence-corrected chi connectivity index (χ2v) is 12.4. The summed E-state index contributed by atoms with van der Waals surface area (Å²) in [5, 5.41) is 3.15. The van der Waals surface area contributed by atoms with Gasteiger partial charge in [-0.25, -0.2) is 17.6 Å². The summed E-state index contributed by atoms with van der Waals surface area (Å²) in [5.41, 5.74) is 10.2. The lowest BCUT2D eigenvalue weighted by Gasteiger charge is -2.38. The van der Waals surface area contributed by atoms with Gasteiger partial charge in [0.05, 0.1) is 24.2 Å². The number of hydrogen-bond donors (Lipinski definition) is 3. The molecule has 0 spiro atoms. The molecule has 2 atom stereocenters. The zero-order chi connectivity index (χ0) is 34.1. The number of carbonyl (C=O) groups excluding carboxylic acids is 2. The minimum Gasteiger partial charge on any atom is -0.494 e. The van der Waals surface area contributed by atoms with Crippen LogP contribution in [0.25, 0.3) is 11.1 Å². The molecule has 2 amide bonds. The molecule has 1 saturated heterocycles. The number of nitrogens with one attached hydrogen (secondary N) is 1. The van der Waals surface area contributed by atoms with Crippen molar-refractivity contribution in [2.75, 3.05) is 33.3 Å². The topological polar surface area (TPSA) is 120 Å². The van der Waals surface area contributed by atoms with Crippen molar-refractivity contribution in [1.29, 1.82) is 0 Å². The third-order valence-electron chi connectivity index (χ3n) is 9.25. The van der Waals surface area contributed by atoms with Crippen LogP contribution < -0.4 is 26.3 Å². The average molecular weight is 677 g/mol. The first-order valence-electron chi connectivity index (χ1n) is 15.4. The molecule has 5 rings (SSSR count). The smallest absolute Gasteiger partial charge is 0.260 e. The van der Waals surface area contributed by atoms with Crippen molar-refractivity contribution >= 4 is 23.4 Å². The Kier molecular flexibility index (Phi) is 10.0. The van der Waals surface area contributed by atoms with Crippen LogP contribution in [0.15, 0.2) is 48.5 Å². The SMILES string of the molecule is COc1ccc(C(N)=O)c(-c2c(Cl)c(F)cc3c2[C@H](C)[C@@](CNC2CCN(C(=O)CCC(F)(F)CN)CC2)(c2ccccc2)O3)c1F. The van der Waals surface area contributed by atoms with Gasteiger partial charge in [-0.1, -0.05) is 48.9 Å². The van der Waals surface area contributed by atoms with E-state index in [2.05, 4.69) is 5.32 Å². The molecule has 0 bridgehead atoms. The Morgan fingerprint density at radius 2 is 1.81 bits per heavy atom. The number of piperidine rings is 1. The molecule has 0 aliphatic carbocycles. The molecule has 5 N–H and O–H groups in total. The number of alkyl halides is 2. The molecule has 0 radical (unpaired) electrons. The molecule has 3 aromatic carbocycles. The summed E-state index contributed by atoms with van der Waals surface area (Å²) >= 11 is 6.57. The van der Waals surface area contributed by atoms with E-state index in [9.17, 15) is 18.4 Å². The van der Waals surface area contributed by atoms with Crippen LogP contribution in [-0.4, -0.2) is 62.0 Å². The van der Waals surface area contributed by atoms with E-state index in [0.717, 1.165) is 11.6 Å². The number of methoxy groups -OCH3 is 1. The number of halogens is 5. The molecule has 3 aromatic rings. The predicted octanol–water partition coefficient (Wildman–Crippen LogP) is 5.74. The summed E-state index contributed by atoms with van der Waals surface area (Å²) in [6, 6.07) is 13.0. The predicted molar refractivity (Wildman–Crippen MR) is 170 cm³/mol. The molecular weight excluding hydrogens is 640 g/mol. The maximum absolute atomic E-state index is 16.0. The van der Waals surface area contributed by atoms with Crippen LogP contribution in [0.2, 0.25) is 5.02 Å². The highest BCUT2D eigenvalue weighted by molar-refractivity contribution is 6.34. The lowest BCUT2D eigenvalue weighted by Crippen LogP contribution is -2.51. The van der Waals surface area contributed by atoms with Crippen molar-refractivity contribution in [2.45, 2.75) is 56.1 Å². The zero-order valence-corrected chi connectivity index (χ0v) is 26.8. The number of nitrogens with two attached hydrogens (primary N) is 2. The van der Waals surface area contributed by atoms with E-state index in [4.69, 9.17) is 32.5 Å². The highest BCUT2D eigenvalue weighted by Gasteiger charge is 2.50. The number of fused-ring (bicyclic) bond motifs is 1. The van der Waals surface area contributed by atoms with Gasteiger partial charge in [-0.3, -0.25) is 9.59 Å². The number of nitrogens with zero attached hydrogens (tertiary/aromatic N) is 1. The van der Waals surface area contributed by atoms with Gasteiger partial charge in [0.15, 0.2) is 17.2 Å². The maximum Gasteiger partial charge on any atom is 0.260 e. The van der Waals surface area contributed by atoms with E-state index >= 15 is 8.78 Å². The van der Waals surface area contributed by atoms with E-state index in [1.54, 1.807) is 4.90 Å². The monoisotopic (exact) mass is 676 g/mol.